The summed E-state index contributed by atoms with van der Waals surface area (Å²) >= 11 is 1.57. The van der Waals surface area contributed by atoms with Gasteiger partial charge in [-0.2, -0.15) is 0 Å². The highest BCUT2D eigenvalue weighted by Gasteiger charge is 2.28. The minimum absolute atomic E-state index is 0.0172. The fourth-order valence-corrected chi connectivity index (χ4v) is 5.62. The summed E-state index contributed by atoms with van der Waals surface area (Å²) in [6, 6.07) is 7.80. The van der Waals surface area contributed by atoms with Crippen LogP contribution < -0.4 is 10.6 Å². The predicted octanol–water partition coefficient (Wildman–Crippen LogP) is 4.61. The van der Waals surface area contributed by atoms with Gasteiger partial charge in [-0.05, 0) is 75.4 Å². The summed E-state index contributed by atoms with van der Waals surface area (Å²) in [6.07, 6.45) is 7.79. The van der Waals surface area contributed by atoms with Crippen LogP contribution in [0.3, 0.4) is 0 Å². The zero-order valence-corrected chi connectivity index (χ0v) is 17.9. The SMILES string of the molecule is Cc1cccc(NC(=O)c2c(NC(=O)CN3CCCCCC3)sc3c2CCC3)c1. The monoisotopic (exact) mass is 411 g/mol. The van der Waals surface area contributed by atoms with Crippen LogP contribution in [0.25, 0.3) is 0 Å². The van der Waals surface area contributed by atoms with Gasteiger partial charge in [-0.3, -0.25) is 14.5 Å². The maximum Gasteiger partial charge on any atom is 0.258 e. The van der Waals surface area contributed by atoms with Crippen molar-refractivity contribution in [3.63, 3.8) is 0 Å². The van der Waals surface area contributed by atoms with Crippen molar-refractivity contribution in [1.82, 2.24) is 4.90 Å². The third kappa shape index (κ3) is 4.87. The zero-order valence-electron chi connectivity index (χ0n) is 17.1. The van der Waals surface area contributed by atoms with E-state index in [0.717, 1.165) is 62.0 Å². The smallest absolute Gasteiger partial charge is 0.258 e. The molecule has 0 atom stereocenters. The molecule has 0 spiro atoms. The minimum Gasteiger partial charge on any atom is -0.322 e. The average Bonchev–Trinajstić information content (AvgIpc) is 3.14. The van der Waals surface area contributed by atoms with Crippen molar-refractivity contribution in [1.29, 1.82) is 0 Å². The van der Waals surface area contributed by atoms with Crippen LogP contribution in [0.2, 0.25) is 0 Å². The molecule has 1 aromatic heterocycles. The van der Waals surface area contributed by atoms with E-state index in [2.05, 4.69) is 15.5 Å². The lowest BCUT2D eigenvalue weighted by Crippen LogP contribution is -2.34. The molecule has 2 aliphatic rings. The van der Waals surface area contributed by atoms with Crippen molar-refractivity contribution < 1.29 is 9.59 Å². The van der Waals surface area contributed by atoms with Gasteiger partial charge in [0.15, 0.2) is 0 Å². The second-order valence-electron chi connectivity index (χ2n) is 8.12. The normalized spacial score (nSPS) is 16.9. The van der Waals surface area contributed by atoms with Crippen molar-refractivity contribution >= 4 is 33.8 Å². The van der Waals surface area contributed by atoms with Crippen LogP contribution in [0.5, 0.6) is 0 Å². The van der Waals surface area contributed by atoms with Gasteiger partial charge in [0.1, 0.15) is 5.00 Å². The zero-order chi connectivity index (χ0) is 20.2. The molecule has 0 saturated carbocycles. The Morgan fingerprint density at radius 1 is 1.03 bits per heavy atom. The lowest BCUT2D eigenvalue weighted by molar-refractivity contribution is -0.117. The quantitative estimate of drug-likeness (QED) is 0.755. The average molecular weight is 412 g/mol. The van der Waals surface area contributed by atoms with Gasteiger partial charge in [0.2, 0.25) is 5.91 Å². The Morgan fingerprint density at radius 3 is 2.59 bits per heavy atom. The Morgan fingerprint density at radius 2 is 1.83 bits per heavy atom. The molecule has 2 amide bonds. The van der Waals surface area contributed by atoms with E-state index in [0.29, 0.717) is 17.1 Å². The van der Waals surface area contributed by atoms with E-state index < -0.39 is 0 Å². The third-order valence-corrected chi connectivity index (χ3v) is 6.95. The maximum absolute atomic E-state index is 13.1. The first-order valence-corrected chi connectivity index (χ1v) is 11.5. The summed E-state index contributed by atoms with van der Waals surface area (Å²) in [4.78, 5) is 29.3. The molecule has 1 aliphatic heterocycles. The molecule has 0 bridgehead atoms. The number of amides is 2. The summed E-state index contributed by atoms with van der Waals surface area (Å²) in [5.74, 6) is -0.142. The van der Waals surface area contributed by atoms with Crippen molar-refractivity contribution in [3.8, 4) is 0 Å². The van der Waals surface area contributed by atoms with Gasteiger partial charge in [-0.25, -0.2) is 0 Å². The highest BCUT2D eigenvalue weighted by atomic mass is 32.1. The molecule has 0 unspecified atom stereocenters. The second kappa shape index (κ2) is 9.09. The summed E-state index contributed by atoms with van der Waals surface area (Å²) in [6.45, 7) is 4.37. The molecule has 1 fully saturated rings. The topological polar surface area (TPSA) is 61.4 Å². The molecule has 154 valence electrons. The van der Waals surface area contributed by atoms with Crippen molar-refractivity contribution in [2.24, 2.45) is 0 Å². The number of thiophene rings is 1. The first-order valence-electron chi connectivity index (χ1n) is 10.6. The molecule has 2 aromatic rings. The largest absolute Gasteiger partial charge is 0.322 e. The Balaban J connectivity index is 1.50. The number of hydrogen-bond donors (Lipinski definition) is 2. The number of nitrogens with zero attached hydrogens (tertiary/aromatic N) is 1. The maximum atomic E-state index is 13.1. The van der Waals surface area contributed by atoms with Crippen molar-refractivity contribution in [2.75, 3.05) is 30.3 Å². The number of hydrogen-bond acceptors (Lipinski definition) is 4. The van der Waals surface area contributed by atoms with E-state index in [1.165, 1.54) is 17.7 Å². The van der Waals surface area contributed by atoms with Crippen molar-refractivity contribution in [2.45, 2.75) is 51.9 Å². The van der Waals surface area contributed by atoms with E-state index >= 15 is 0 Å². The van der Waals surface area contributed by atoms with Gasteiger partial charge in [0.05, 0.1) is 12.1 Å². The predicted molar refractivity (Wildman–Crippen MR) is 119 cm³/mol. The molecule has 0 radical (unpaired) electrons. The molecular formula is C23H29N3O2S. The van der Waals surface area contributed by atoms with Crippen LogP contribution >= 0.6 is 11.3 Å². The van der Waals surface area contributed by atoms with E-state index in [-0.39, 0.29) is 11.8 Å². The molecule has 2 heterocycles. The van der Waals surface area contributed by atoms with E-state index in [1.807, 2.05) is 31.2 Å². The molecule has 1 aliphatic carbocycles. The van der Waals surface area contributed by atoms with Crippen LogP contribution in [0.1, 0.15) is 58.5 Å². The number of anilines is 2. The lowest BCUT2D eigenvalue weighted by Gasteiger charge is -2.19. The lowest BCUT2D eigenvalue weighted by atomic mass is 10.1. The number of carbonyl (C=O) groups excluding carboxylic acids is 2. The number of fused-ring (bicyclic) bond motifs is 1. The molecule has 1 saturated heterocycles. The third-order valence-electron chi connectivity index (χ3n) is 5.74. The summed E-state index contributed by atoms with van der Waals surface area (Å²) in [7, 11) is 0. The molecule has 1 aromatic carbocycles. The van der Waals surface area contributed by atoms with Crippen LogP contribution in [0.15, 0.2) is 24.3 Å². The first-order chi connectivity index (χ1) is 14.1. The summed E-state index contributed by atoms with van der Waals surface area (Å²) in [5, 5.41) is 6.80. The highest BCUT2D eigenvalue weighted by molar-refractivity contribution is 7.17. The van der Waals surface area contributed by atoms with Gasteiger partial charge in [0.25, 0.3) is 5.91 Å². The van der Waals surface area contributed by atoms with Crippen LogP contribution in [-0.4, -0.2) is 36.3 Å². The number of aryl methyl sites for hydroxylation is 2. The minimum atomic E-state index is -0.125. The Hall–Kier alpha value is -2.18. The van der Waals surface area contributed by atoms with Gasteiger partial charge < -0.3 is 10.6 Å². The molecule has 29 heavy (non-hydrogen) atoms. The number of likely N-dealkylation sites (tertiary alicyclic amines) is 1. The molecule has 4 rings (SSSR count). The van der Waals surface area contributed by atoms with Gasteiger partial charge in [-0.15, -0.1) is 11.3 Å². The number of benzene rings is 1. The van der Waals surface area contributed by atoms with Crippen LogP contribution in [-0.2, 0) is 17.6 Å². The number of carbonyl (C=O) groups is 2. The molecular weight excluding hydrogens is 382 g/mol. The first kappa shape index (κ1) is 20.1. The van der Waals surface area contributed by atoms with E-state index in [9.17, 15) is 9.59 Å². The second-order valence-corrected chi connectivity index (χ2v) is 9.23. The van der Waals surface area contributed by atoms with Crippen LogP contribution in [0, 0.1) is 6.92 Å². The van der Waals surface area contributed by atoms with Gasteiger partial charge in [-0.1, -0.05) is 25.0 Å². The Bertz CT molecular complexity index is 898. The number of nitrogens with one attached hydrogen (secondary N) is 2. The molecule has 6 heteroatoms. The fourth-order valence-electron chi connectivity index (χ4n) is 4.31. The van der Waals surface area contributed by atoms with Crippen molar-refractivity contribution in [3.05, 3.63) is 45.8 Å². The standard InChI is InChI=1S/C23H29N3O2S/c1-16-8-6-9-17(14-16)24-22(28)21-18-10-7-11-19(18)29-23(21)25-20(27)15-26-12-4-2-3-5-13-26/h6,8-9,14H,2-5,7,10-13,15H2,1H3,(H,24,28)(H,25,27). The summed E-state index contributed by atoms with van der Waals surface area (Å²) in [5.41, 5.74) is 3.66. The number of rotatable bonds is 5. The Labute approximate surface area is 176 Å². The van der Waals surface area contributed by atoms with Gasteiger partial charge >= 0.3 is 0 Å². The van der Waals surface area contributed by atoms with E-state index in [1.54, 1.807) is 11.3 Å². The molecule has 5 nitrogen and oxygen atoms in total. The van der Waals surface area contributed by atoms with E-state index in [4.69, 9.17) is 0 Å². The van der Waals surface area contributed by atoms with Gasteiger partial charge in [0, 0.05) is 10.6 Å². The molecule has 2 N–H and O–H groups in total. The Kier molecular flexibility index (Phi) is 6.31. The fraction of sp³-hybridized carbons (Fsp3) is 0.478. The van der Waals surface area contributed by atoms with Crippen LogP contribution in [0.4, 0.5) is 10.7 Å². The summed E-state index contributed by atoms with van der Waals surface area (Å²) < 4.78 is 0. The highest BCUT2D eigenvalue weighted by Crippen LogP contribution is 2.39.